The highest BCUT2D eigenvalue weighted by atomic mass is 35.5. The number of amides is 1. The molecule has 12 heteroatoms. The largest absolute Gasteiger partial charge is 0.497 e. The minimum atomic E-state index is -1.01. The Morgan fingerprint density at radius 2 is 1.94 bits per heavy atom. The summed E-state index contributed by atoms with van der Waals surface area (Å²) < 4.78 is 10.8. The number of hydrogen-bond acceptors (Lipinski definition) is 7. The molecule has 1 aromatic carbocycles. The molecule has 2 aromatic heterocycles. The molecule has 0 radical (unpaired) electrons. The van der Waals surface area contributed by atoms with Gasteiger partial charge in [-0.15, -0.1) is 0 Å². The molecule has 1 aliphatic heterocycles. The normalized spacial score (nSPS) is 20.2. The van der Waals surface area contributed by atoms with E-state index in [9.17, 15) is 14.7 Å². The van der Waals surface area contributed by atoms with Crippen molar-refractivity contribution in [2.45, 2.75) is 19.4 Å². The van der Waals surface area contributed by atoms with Crippen LogP contribution in [0, 0.1) is 18.8 Å². The summed E-state index contributed by atoms with van der Waals surface area (Å²) in [6, 6.07) is 5.44. The van der Waals surface area contributed by atoms with Gasteiger partial charge in [0.25, 0.3) is 5.91 Å². The number of piperidine rings is 1. The number of benzene rings is 1. The number of thiazole rings is 1. The van der Waals surface area contributed by atoms with E-state index < -0.39 is 5.97 Å². The first-order valence-electron chi connectivity index (χ1n) is 11.2. The zero-order chi connectivity index (χ0) is 25.7. The summed E-state index contributed by atoms with van der Waals surface area (Å²) in [5.41, 5.74) is 2.19. The molecule has 3 N–H and O–H groups in total. The fraction of sp³-hybridized carbons (Fsp3) is 0.375. The fourth-order valence-electron chi connectivity index (χ4n) is 4.81. The van der Waals surface area contributed by atoms with Crippen molar-refractivity contribution in [3.05, 3.63) is 55.8 Å². The third kappa shape index (κ3) is 4.38. The maximum Gasteiger partial charge on any atom is 0.347 e. The molecule has 3 heterocycles. The van der Waals surface area contributed by atoms with Crippen molar-refractivity contribution in [2.24, 2.45) is 11.8 Å². The Labute approximate surface area is 221 Å². The minimum Gasteiger partial charge on any atom is -0.497 e. The number of carboxylic acids is 1. The number of H-pyrrole nitrogens is 1. The molecule has 9 nitrogen and oxygen atoms in total. The summed E-state index contributed by atoms with van der Waals surface area (Å²) >= 11 is 13.4. The minimum absolute atomic E-state index is 0.0339. The molecule has 1 saturated heterocycles. The summed E-state index contributed by atoms with van der Waals surface area (Å²) in [5, 5.41) is 14.1. The van der Waals surface area contributed by atoms with Gasteiger partial charge < -0.3 is 29.8 Å². The van der Waals surface area contributed by atoms with Gasteiger partial charge in [-0.3, -0.25) is 4.79 Å². The number of aromatic carboxylic acids is 1. The zero-order valence-electron chi connectivity index (χ0n) is 19.7. The van der Waals surface area contributed by atoms with Crippen LogP contribution in [-0.4, -0.2) is 60.3 Å². The maximum absolute atomic E-state index is 12.7. The monoisotopic (exact) mass is 550 g/mol. The number of nitrogens with one attached hydrogen (secondary N) is 2. The Kier molecular flexibility index (Phi) is 6.52. The average Bonchev–Trinajstić information content (AvgIpc) is 3.22. The third-order valence-corrected chi connectivity index (χ3v) is 8.86. The first kappa shape index (κ1) is 24.7. The van der Waals surface area contributed by atoms with E-state index >= 15 is 0 Å². The van der Waals surface area contributed by atoms with E-state index in [4.69, 9.17) is 37.7 Å². The number of ether oxygens (including phenoxy) is 2. The number of methoxy groups -OCH3 is 2. The van der Waals surface area contributed by atoms with Crippen molar-refractivity contribution in [2.75, 3.05) is 32.2 Å². The van der Waals surface area contributed by atoms with Crippen LogP contribution in [0.5, 0.6) is 11.5 Å². The predicted octanol–water partition coefficient (Wildman–Crippen LogP) is 4.26. The van der Waals surface area contributed by atoms with Crippen molar-refractivity contribution in [1.82, 2.24) is 15.3 Å². The van der Waals surface area contributed by atoms with Crippen LogP contribution in [0.3, 0.4) is 0 Å². The molecule has 1 saturated carbocycles. The van der Waals surface area contributed by atoms with E-state index in [0.717, 1.165) is 5.56 Å². The number of aromatic amines is 1. The first-order chi connectivity index (χ1) is 17.2. The summed E-state index contributed by atoms with van der Waals surface area (Å²) in [6.45, 7) is 3.12. The van der Waals surface area contributed by atoms with Gasteiger partial charge in [0.15, 0.2) is 5.13 Å². The van der Waals surface area contributed by atoms with Gasteiger partial charge in [-0.25, -0.2) is 9.78 Å². The summed E-state index contributed by atoms with van der Waals surface area (Å²) in [4.78, 5) is 34.6. The Balaban J connectivity index is 1.28. The highest BCUT2D eigenvalue weighted by molar-refractivity contribution is 7.17. The van der Waals surface area contributed by atoms with Crippen LogP contribution in [-0.2, 0) is 6.42 Å². The van der Waals surface area contributed by atoms with E-state index in [2.05, 4.69) is 15.2 Å². The van der Waals surface area contributed by atoms with Crippen LogP contribution in [0.2, 0.25) is 10.0 Å². The Morgan fingerprint density at radius 1 is 1.22 bits per heavy atom. The van der Waals surface area contributed by atoms with E-state index in [1.807, 2.05) is 6.07 Å². The molecular formula is C24H24Cl2N4O5S. The number of nitrogens with zero attached hydrogens (tertiary/aromatic N) is 2. The predicted molar refractivity (Wildman–Crippen MR) is 137 cm³/mol. The number of rotatable bonds is 8. The van der Waals surface area contributed by atoms with Crippen LogP contribution in [0.25, 0.3) is 0 Å². The van der Waals surface area contributed by atoms with Crippen LogP contribution in [0.1, 0.15) is 37.1 Å². The SMILES string of the molecule is COc1ccc(OC)c(Cc2nc(N3C[C@@H]4C(NC(=O)c5[nH]c(C)c(Cl)c5Cl)[C@@H]4C3)sc2C(=O)O)c1. The Bertz CT molecular complexity index is 1340. The number of carboxylic acid groups (broad SMARTS) is 1. The van der Waals surface area contributed by atoms with E-state index in [-0.39, 0.29) is 39.4 Å². The quantitative estimate of drug-likeness (QED) is 0.383. The molecule has 1 amide bonds. The zero-order valence-corrected chi connectivity index (χ0v) is 22.1. The number of carbonyl (C=O) groups is 2. The second-order valence-electron chi connectivity index (χ2n) is 8.92. The van der Waals surface area contributed by atoms with Crippen molar-refractivity contribution in [3.63, 3.8) is 0 Å². The van der Waals surface area contributed by atoms with Gasteiger partial charge in [0.1, 0.15) is 22.1 Å². The summed E-state index contributed by atoms with van der Waals surface area (Å²) in [5.74, 6) is 0.529. The Morgan fingerprint density at radius 3 is 2.53 bits per heavy atom. The number of hydrogen-bond donors (Lipinski definition) is 3. The molecule has 190 valence electrons. The van der Waals surface area contributed by atoms with Gasteiger partial charge >= 0.3 is 5.97 Å². The summed E-state index contributed by atoms with van der Waals surface area (Å²) in [6.07, 6.45) is 0.302. The van der Waals surface area contributed by atoms with Crippen molar-refractivity contribution in [3.8, 4) is 11.5 Å². The highest BCUT2D eigenvalue weighted by Crippen LogP contribution is 2.48. The molecule has 2 fully saturated rings. The molecule has 1 unspecified atom stereocenters. The van der Waals surface area contributed by atoms with Crippen LogP contribution < -0.4 is 19.7 Å². The standard InChI is InChI=1S/C24H24Cl2N4O5S/c1-10-17(25)18(26)20(27-10)22(31)29-19-13-8-30(9-14(13)19)24-28-15(21(36-24)23(32)33)7-11-6-12(34-2)4-5-16(11)35-3/h4-6,13-14,19,27H,7-9H2,1-3H3,(H,29,31)(H,32,33)/t13-,14+,19?. The fourth-order valence-corrected chi connectivity index (χ4v) is 6.17. The van der Waals surface area contributed by atoms with Gasteiger partial charge in [-0.1, -0.05) is 34.5 Å². The topological polar surface area (TPSA) is 117 Å². The van der Waals surface area contributed by atoms with Crippen LogP contribution >= 0.6 is 34.5 Å². The molecule has 0 spiro atoms. The molecular weight excluding hydrogens is 527 g/mol. The number of fused-ring (bicyclic) bond motifs is 1. The van der Waals surface area contributed by atoms with Gasteiger partial charge in [-0.2, -0.15) is 0 Å². The molecule has 36 heavy (non-hydrogen) atoms. The number of aryl methyl sites for hydroxylation is 1. The lowest BCUT2D eigenvalue weighted by molar-refractivity contribution is 0.0700. The molecule has 3 aromatic rings. The molecule has 3 atom stereocenters. The third-order valence-electron chi connectivity index (χ3n) is 6.77. The lowest BCUT2D eigenvalue weighted by atomic mass is 10.1. The van der Waals surface area contributed by atoms with Gasteiger partial charge in [0, 0.05) is 48.6 Å². The van der Waals surface area contributed by atoms with Crippen molar-refractivity contribution < 1.29 is 24.2 Å². The lowest BCUT2D eigenvalue weighted by Gasteiger charge is -2.19. The number of halogens is 2. The lowest BCUT2D eigenvalue weighted by Crippen LogP contribution is -2.34. The molecule has 0 bridgehead atoms. The molecule has 5 rings (SSSR count). The van der Waals surface area contributed by atoms with E-state index in [1.165, 1.54) is 11.3 Å². The maximum atomic E-state index is 12.7. The second kappa shape index (κ2) is 9.49. The average molecular weight is 551 g/mol. The van der Waals surface area contributed by atoms with Crippen LogP contribution in [0.15, 0.2) is 18.2 Å². The van der Waals surface area contributed by atoms with E-state index in [0.29, 0.717) is 52.6 Å². The van der Waals surface area contributed by atoms with Gasteiger partial charge in [0.05, 0.1) is 30.0 Å². The number of carbonyl (C=O) groups excluding carboxylic acids is 1. The second-order valence-corrected chi connectivity index (χ2v) is 10.7. The van der Waals surface area contributed by atoms with Crippen molar-refractivity contribution in [1.29, 1.82) is 0 Å². The van der Waals surface area contributed by atoms with Gasteiger partial charge in [0.2, 0.25) is 0 Å². The molecule has 1 aliphatic carbocycles. The van der Waals surface area contributed by atoms with Gasteiger partial charge in [-0.05, 0) is 25.1 Å². The highest BCUT2D eigenvalue weighted by Gasteiger charge is 2.57. The van der Waals surface area contributed by atoms with Crippen molar-refractivity contribution >= 4 is 51.5 Å². The number of anilines is 1. The number of aromatic nitrogens is 2. The summed E-state index contributed by atoms with van der Waals surface area (Å²) in [7, 11) is 3.15. The first-order valence-corrected chi connectivity index (χ1v) is 12.8. The smallest absolute Gasteiger partial charge is 0.347 e. The Hall–Kier alpha value is -2.95. The van der Waals surface area contributed by atoms with E-state index in [1.54, 1.807) is 33.3 Å². The molecule has 2 aliphatic rings. The van der Waals surface area contributed by atoms with Crippen LogP contribution in [0.4, 0.5) is 5.13 Å².